The summed E-state index contributed by atoms with van der Waals surface area (Å²) in [5.74, 6) is 0.835. The molecule has 0 spiro atoms. The standard InChI is InChI=1S/C13H26N2O3S/c1-13(2)11-18-9-8-15(13)19(16,17)10-5-12-3-6-14-7-4-12/h12,14H,3-11H2,1-2H3. The molecule has 2 aliphatic heterocycles. The molecule has 6 heteroatoms. The van der Waals surface area contributed by atoms with Crippen molar-refractivity contribution in [1.82, 2.24) is 9.62 Å². The van der Waals surface area contributed by atoms with E-state index in [4.69, 9.17) is 4.74 Å². The molecule has 2 rings (SSSR count). The summed E-state index contributed by atoms with van der Waals surface area (Å²) < 4.78 is 32.0. The van der Waals surface area contributed by atoms with E-state index in [1.54, 1.807) is 4.31 Å². The third-order valence-corrected chi connectivity index (χ3v) is 6.25. The SMILES string of the molecule is CC1(C)COCCN1S(=O)(=O)CCC1CCNCC1. The molecule has 0 bridgehead atoms. The molecule has 2 saturated heterocycles. The molecule has 5 nitrogen and oxygen atoms in total. The van der Waals surface area contributed by atoms with Crippen molar-refractivity contribution in [3.8, 4) is 0 Å². The van der Waals surface area contributed by atoms with Crippen LogP contribution in [0, 0.1) is 5.92 Å². The summed E-state index contributed by atoms with van der Waals surface area (Å²) in [6, 6.07) is 0. The van der Waals surface area contributed by atoms with Crippen LogP contribution in [0.1, 0.15) is 33.1 Å². The van der Waals surface area contributed by atoms with Gasteiger partial charge in [-0.2, -0.15) is 4.31 Å². The average Bonchev–Trinajstić information content (AvgIpc) is 2.37. The van der Waals surface area contributed by atoms with Gasteiger partial charge < -0.3 is 10.1 Å². The summed E-state index contributed by atoms with van der Waals surface area (Å²) in [7, 11) is -3.16. The predicted octanol–water partition coefficient (Wildman–Crippen LogP) is 0.817. The van der Waals surface area contributed by atoms with Gasteiger partial charge in [-0.1, -0.05) is 0 Å². The van der Waals surface area contributed by atoms with Crippen molar-refractivity contribution in [1.29, 1.82) is 0 Å². The molecule has 1 N–H and O–H groups in total. The molecule has 0 saturated carbocycles. The molecule has 0 aromatic carbocycles. The van der Waals surface area contributed by atoms with E-state index >= 15 is 0 Å². The summed E-state index contributed by atoms with van der Waals surface area (Å²) >= 11 is 0. The Kier molecular flexibility index (Phi) is 4.87. The molecule has 19 heavy (non-hydrogen) atoms. The number of hydrogen-bond acceptors (Lipinski definition) is 4. The molecule has 0 atom stereocenters. The molecule has 0 radical (unpaired) electrons. The topological polar surface area (TPSA) is 58.6 Å². The van der Waals surface area contributed by atoms with Gasteiger partial charge in [-0.15, -0.1) is 0 Å². The lowest BCUT2D eigenvalue weighted by Gasteiger charge is -2.41. The summed E-state index contributed by atoms with van der Waals surface area (Å²) in [5.41, 5.74) is -0.412. The first-order chi connectivity index (χ1) is 8.92. The maximum atomic E-state index is 12.5. The van der Waals surface area contributed by atoms with Gasteiger partial charge in [0.15, 0.2) is 0 Å². The van der Waals surface area contributed by atoms with Crippen LogP contribution in [0.3, 0.4) is 0 Å². The number of ether oxygens (including phenoxy) is 1. The van der Waals surface area contributed by atoms with Crippen molar-refractivity contribution in [2.24, 2.45) is 5.92 Å². The summed E-state index contributed by atoms with van der Waals surface area (Å²) in [6.45, 7) is 7.40. The Balaban J connectivity index is 1.93. The second kappa shape index (κ2) is 6.08. The summed E-state index contributed by atoms with van der Waals surface area (Å²) in [6.07, 6.45) is 2.99. The summed E-state index contributed by atoms with van der Waals surface area (Å²) in [5, 5.41) is 3.31. The Morgan fingerprint density at radius 1 is 1.32 bits per heavy atom. The highest BCUT2D eigenvalue weighted by Gasteiger charge is 2.38. The normalized spacial score (nSPS) is 26.4. The van der Waals surface area contributed by atoms with Gasteiger partial charge in [0.05, 0.1) is 24.5 Å². The lowest BCUT2D eigenvalue weighted by molar-refractivity contribution is -0.00774. The molecule has 0 aliphatic carbocycles. The highest BCUT2D eigenvalue weighted by molar-refractivity contribution is 7.89. The summed E-state index contributed by atoms with van der Waals surface area (Å²) in [4.78, 5) is 0. The lowest BCUT2D eigenvalue weighted by Crippen LogP contribution is -2.56. The Labute approximate surface area is 116 Å². The van der Waals surface area contributed by atoms with Crippen molar-refractivity contribution in [2.45, 2.75) is 38.6 Å². The first-order valence-corrected chi connectivity index (χ1v) is 8.82. The molecular formula is C13H26N2O3S. The van der Waals surface area contributed by atoms with E-state index in [9.17, 15) is 8.42 Å². The molecular weight excluding hydrogens is 264 g/mol. The van der Waals surface area contributed by atoms with E-state index in [2.05, 4.69) is 5.32 Å². The van der Waals surface area contributed by atoms with Crippen LogP contribution in [-0.4, -0.2) is 56.9 Å². The maximum absolute atomic E-state index is 12.5. The molecule has 112 valence electrons. The molecule has 0 aromatic heterocycles. The van der Waals surface area contributed by atoms with Crippen LogP contribution in [0.2, 0.25) is 0 Å². The maximum Gasteiger partial charge on any atom is 0.214 e. The van der Waals surface area contributed by atoms with Gasteiger partial charge in [-0.05, 0) is 52.1 Å². The van der Waals surface area contributed by atoms with E-state index in [1.807, 2.05) is 13.8 Å². The Morgan fingerprint density at radius 3 is 2.63 bits per heavy atom. The first-order valence-electron chi connectivity index (χ1n) is 7.21. The van der Waals surface area contributed by atoms with Gasteiger partial charge in [0, 0.05) is 6.54 Å². The van der Waals surface area contributed by atoms with E-state index in [1.165, 1.54) is 0 Å². The third kappa shape index (κ3) is 3.90. The van der Waals surface area contributed by atoms with Crippen LogP contribution < -0.4 is 5.32 Å². The number of nitrogens with one attached hydrogen (secondary N) is 1. The van der Waals surface area contributed by atoms with E-state index in [0.29, 0.717) is 25.7 Å². The van der Waals surface area contributed by atoms with Crippen molar-refractivity contribution in [2.75, 3.05) is 38.6 Å². The number of nitrogens with zero attached hydrogens (tertiary/aromatic N) is 1. The number of hydrogen-bond donors (Lipinski definition) is 1. The van der Waals surface area contributed by atoms with Gasteiger partial charge in [-0.3, -0.25) is 0 Å². The van der Waals surface area contributed by atoms with E-state index < -0.39 is 15.6 Å². The minimum absolute atomic E-state index is 0.279. The van der Waals surface area contributed by atoms with Crippen LogP contribution in [0.4, 0.5) is 0 Å². The van der Waals surface area contributed by atoms with E-state index in [0.717, 1.165) is 32.4 Å². The van der Waals surface area contributed by atoms with Gasteiger partial charge in [0.25, 0.3) is 0 Å². The lowest BCUT2D eigenvalue weighted by atomic mass is 9.96. The minimum Gasteiger partial charge on any atom is -0.378 e. The molecule has 2 fully saturated rings. The zero-order valence-electron chi connectivity index (χ0n) is 12.0. The van der Waals surface area contributed by atoms with Crippen molar-refractivity contribution >= 4 is 10.0 Å². The van der Waals surface area contributed by atoms with Crippen LogP contribution >= 0.6 is 0 Å². The van der Waals surface area contributed by atoms with Crippen molar-refractivity contribution < 1.29 is 13.2 Å². The molecule has 0 unspecified atom stereocenters. The van der Waals surface area contributed by atoms with Crippen LogP contribution in [-0.2, 0) is 14.8 Å². The third-order valence-electron chi connectivity index (χ3n) is 4.15. The van der Waals surface area contributed by atoms with Crippen LogP contribution in [0.5, 0.6) is 0 Å². The van der Waals surface area contributed by atoms with Gasteiger partial charge >= 0.3 is 0 Å². The van der Waals surface area contributed by atoms with Crippen molar-refractivity contribution in [3.05, 3.63) is 0 Å². The monoisotopic (exact) mass is 290 g/mol. The molecule has 2 aliphatic rings. The van der Waals surface area contributed by atoms with Crippen LogP contribution in [0.15, 0.2) is 0 Å². The number of piperidine rings is 1. The molecule has 2 heterocycles. The average molecular weight is 290 g/mol. The Bertz CT molecular complexity index is 389. The largest absolute Gasteiger partial charge is 0.378 e. The highest BCUT2D eigenvalue weighted by atomic mass is 32.2. The van der Waals surface area contributed by atoms with Crippen LogP contribution in [0.25, 0.3) is 0 Å². The second-order valence-electron chi connectivity index (χ2n) is 6.24. The Hall–Kier alpha value is -0.170. The fourth-order valence-corrected chi connectivity index (χ4v) is 4.97. The molecule has 0 amide bonds. The minimum atomic E-state index is -3.16. The zero-order valence-corrected chi connectivity index (χ0v) is 12.8. The fraction of sp³-hybridized carbons (Fsp3) is 1.00. The van der Waals surface area contributed by atoms with Gasteiger partial charge in [0.1, 0.15) is 0 Å². The second-order valence-corrected chi connectivity index (χ2v) is 8.25. The molecule has 0 aromatic rings. The van der Waals surface area contributed by atoms with E-state index in [-0.39, 0.29) is 5.75 Å². The van der Waals surface area contributed by atoms with Gasteiger partial charge in [-0.25, -0.2) is 8.42 Å². The highest BCUT2D eigenvalue weighted by Crippen LogP contribution is 2.25. The Morgan fingerprint density at radius 2 is 2.00 bits per heavy atom. The predicted molar refractivity (Wildman–Crippen MR) is 75.6 cm³/mol. The first kappa shape index (κ1) is 15.2. The number of rotatable bonds is 4. The smallest absolute Gasteiger partial charge is 0.214 e. The van der Waals surface area contributed by atoms with Gasteiger partial charge in [0.2, 0.25) is 10.0 Å². The zero-order chi connectivity index (χ0) is 13.9. The number of morpholine rings is 1. The quantitative estimate of drug-likeness (QED) is 0.833. The van der Waals surface area contributed by atoms with Crippen molar-refractivity contribution in [3.63, 3.8) is 0 Å². The number of sulfonamides is 1. The fourth-order valence-electron chi connectivity index (χ4n) is 2.96.